The summed E-state index contributed by atoms with van der Waals surface area (Å²) in [6, 6.07) is 21.2. The van der Waals surface area contributed by atoms with E-state index in [0.717, 1.165) is 56.4 Å². The zero-order valence-electron chi connectivity index (χ0n) is 22.3. The minimum Gasteiger partial charge on any atom is -0.478 e. The van der Waals surface area contributed by atoms with Gasteiger partial charge in [-0.2, -0.15) is 0 Å². The molecule has 3 aromatic rings. The first-order chi connectivity index (χ1) is 17.9. The molecule has 200 valence electrons. The van der Waals surface area contributed by atoms with E-state index in [9.17, 15) is 14.3 Å². The number of aryl methyl sites for hydroxylation is 2. The van der Waals surface area contributed by atoms with Gasteiger partial charge < -0.3 is 10.0 Å². The van der Waals surface area contributed by atoms with Crippen LogP contribution in [0.5, 0.6) is 0 Å². The number of halogens is 2. The van der Waals surface area contributed by atoms with Crippen LogP contribution in [-0.2, 0) is 12.8 Å². The zero-order valence-corrected chi connectivity index (χ0v) is 23.1. The van der Waals surface area contributed by atoms with E-state index in [1.54, 1.807) is 6.07 Å². The summed E-state index contributed by atoms with van der Waals surface area (Å²) >= 11 is 0. The van der Waals surface area contributed by atoms with Crippen molar-refractivity contribution >= 4 is 29.5 Å². The van der Waals surface area contributed by atoms with Crippen LogP contribution in [-0.4, -0.2) is 42.3 Å². The highest BCUT2D eigenvalue weighted by Gasteiger charge is 2.26. The van der Waals surface area contributed by atoms with Gasteiger partial charge in [0, 0.05) is 19.6 Å². The number of carboxylic acids is 1. The number of benzene rings is 3. The zero-order chi connectivity index (χ0) is 25.9. The molecule has 0 atom stereocenters. The second kappa shape index (κ2) is 12.3. The van der Waals surface area contributed by atoms with Crippen LogP contribution >= 0.6 is 12.4 Å². The first-order valence-corrected chi connectivity index (χ1v) is 13.5. The quantitative estimate of drug-likeness (QED) is 0.325. The van der Waals surface area contributed by atoms with Gasteiger partial charge in [-0.15, -0.1) is 12.4 Å². The summed E-state index contributed by atoms with van der Waals surface area (Å²) in [6.45, 7) is 7.11. The average Bonchev–Trinajstić information content (AvgIpc) is 3.06. The molecule has 1 N–H and O–H groups in total. The van der Waals surface area contributed by atoms with E-state index in [1.165, 1.54) is 39.0 Å². The normalized spacial score (nSPS) is 15.9. The molecule has 3 nitrogen and oxygen atoms in total. The highest BCUT2D eigenvalue weighted by Crippen LogP contribution is 2.41. The third-order valence-corrected chi connectivity index (χ3v) is 8.13. The molecule has 1 heterocycles. The molecule has 0 aromatic heterocycles. The Labute approximate surface area is 231 Å². The van der Waals surface area contributed by atoms with E-state index < -0.39 is 5.97 Å². The number of fused-ring (bicyclic) bond motifs is 1. The van der Waals surface area contributed by atoms with Gasteiger partial charge in [0.15, 0.2) is 0 Å². The van der Waals surface area contributed by atoms with Gasteiger partial charge in [-0.05, 0) is 114 Å². The van der Waals surface area contributed by atoms with Crippen LogP contribution in [0.25, 0.3) is 11.1 Å². The summed E-state index contributed by atoms with van der Waals surface area (Å²) in [5.41, 5.74) is 11.6. The van der Waals surface area contributed by atoms with Crippen LogP contribution in [0.15, 0.2) is 60.7 Å². The van der Waals surface area contributed by atoms with Crippen LogP contribution in [0, 0.1) is 19.8 Å². The molecule has 5 heteroatoms. The number of rotatable bonds is 8. The summed E-state index contributed by atoms with van der Waals surface area (Å²) in [7, 11) is 0. The van der Waals surface area contributed by atoms with Gasteiger partial charge in [-0.3, -0.25) is 4.39 Å². The Morgan fingerprint density at radius 1 is 1.00 bits per heavy atom. The number of carbonyl (C=O) groups is 1. The Hall–Kier alpha value is -2.95. The van der Waals surface area contributed by atoms with E-state index in [-0.39, 0.29) is 19.1 Å². The number of likely N-dealkylation sites (tertiary alicyclic amines) is 1. The fourth-order valence-corrected chi connectivity index (χ4v) is 6.01. The molecule has 0 radical (unpaired) electrons. The highest BCUT2D eigenvalue weighted by molar-refractivity contribution is 6.01. The lowest BCUT2D eigenvalue weighted by Crippen LogP contribution is -2.47. The van der Waals surface area contributed by atoms with Crippen molar-refractivity contribution in [2.24, 2.45) is 5.92 Å². The lowest BCUT2D eigenvalue weighted by Gasteiger charge is -2.39. The Morgan fingerprint density at radius 2 is 1.76 bits per heavy atom. The fraction of sp³-hybridized carbons (Fsp3) is 0.364. The number of nitrogens with zero attached hydrogens (tertiary/aromatic N) is 1. The molecule has 0 amide bonds. The first-order valence-electron chi connectivity index (χ1n) is 13.5. The number of hydrogen-bond acceptors (Lipinski definition) is 2. The Kier molecular flexibility index (Phi) is 9.07. The van der Waals surface area contributed by atoms with Crippen LogP contribution < -0.4 is 0 Å². The molecule has 1 aliphatic heterocycles. The number of allylic oxidation sites excluding steroid dienone is 1. The van der Waals surface area contributed by atoms with E-state index in [2.05, 4.69) is 61.2 Å². The van der Waals surface area contributed by atoms with Gasteiger partial charge in [-0.25, -0.2) is 4.79 Å². The van der Waals surface area contributed by atoms with Gasteiger partial charge in [0.25, 0.3) is 0 Å². The maximum absolute atomic E-state index is 12.4. The average molecular weight is 534 g/mol. The lowest BCUT2D eigenvalue weighted by molar-refractivity contribution is 0.0696. The number of hydrogen-bond donors (Lipinski definition) is 1. The second-order valence-electron chi connectivity index (χ2n) is 10.7. The van der Waals surface area contributed by atoms with Crippen LogP contribution in [0.2, 0.25) is 0 Å². The Bertz CT molecular complexity index is 1330. The molecule has 1 aliphatic carbocycles. The number of aromatic carboxylic acids is 1. The molecule has 0 saturated carbocycles. The second-order valence-corrected chi connectivity index (χ2v) is 10.7. The van der Waals surface area contributed by atoms with Gasteiger partial charge in [0.2, 0.25) is 0 Å². The molecule has 1 fully saturated rings. The van der Waals surface area contributed by atoms with Crippen molar-refractivity contribution < 1.29 is 14.3 Å². The third kappa shape index (κ3) is 5.87. The molecule has 3 aromatic carbocycles. The summed E-state index contributed by atoms with van der Waals surface area (Å²) in [4.78, 5) is 14.0. The predicted octanol–water partition coefficient (Wildman–Crippen LogP) is 7.55. The lowest BCUT2D eigenvalue weighted by atomic mass is 9.84. The largest absolute Gasteiger partial charge is 0.478 e. The summed E-state index contributed by atoms with van der Waals surface area (Å²) < 4.78 is 12.4. The molecule has 38 heavy (non-hydrogen) atoms. The molecular weight excluding hydrogens is 497 g/mol. The highest BCUT2D eigenvalue weighted by atomic mass is 35.5. The van der Waals surface area contributed by atoms with Crippen molar-refractivity contribution in [1.29, 1.82) is 0 Å². The maximum atomic E-state index is 12.4. The standard InChI is InChI=1S/C33H36FNO2.ClH/c1-22-6-3-8-29(23(22)2)31-9-4-7-27-19-28(33(36)37)14-15-30(27)32(31)26-12-10-24(11-13-26)18-25-20-35(21-25)17-5-16-34;/h3,6,8,10-15,19,25H,4-5,7,9,16-18,20-21H2,1-2H3,(H,36,37);1H. The van der Waals surface area contributed by atoms with E-state index in [0.29, 0.717) is 17.9 Å². The summed E-state index contributed by atoms with van der Waals surface area (Å²) in [6.07, 6.45) is 4.49. The Balaban J connectivity index is 0.00000336. The van der Waals surface area contributed by atoms with Gasteiger partial charge in [0.1, 0.15) is 0 Å². The molecule has 0 bridgehead atoms. The predicted molar refractivity (Wildman–Crippen MR) is 156 cm³/mol. The number of alkyl halides is 1. The van der Waals surface area contributed by atoms with Crippen molar-refractivity contribution in [2.45, 2.75) is 46.0 Å². The molecule has 5 rings (SSSR count). The van der Waals surface area contributed by atoms with E-state index >= 15 is 0 Å². The van der Waals surface area contributed by atoms with Crippen molar-refractivity contribution in [3.63, 3.8) is 0 Å². The third-order valence-electron chi connectivity index (χ3n) is 8.13. The fourth-order valence-electron chi connectivity index (χ4n) is 6.01. The topological polar surface area (TPSA) is 40.5 Å². The van der Waals surface area contributed by atoms with Crippen LogP contribution in [0.3, 0.4) is 0 Å². The van der Waals surface area contributed by atoms with Crippen molar-refractivity contribution in [1.82, 2.24) is 4.90 Å². The first kappa shape index (κ1) is 28.1. The van der Waals surface area contributed by atoms with E-state index in [1.807, 2.05) is 12.1 Å². The van der Waals surface area contributed by atoms with Crippen molar-refractivity contribution in [2.75, 3.05) is 26.3 Å². The van der Waals surface area contributed by atoms with Crippen LogP contribution in [0.4, 0.5) is 4.39 Å². The smallest absolute Gasteiger partial charge is 0.335 e. The minimum absolute atomic E-state index is 0. The molecular formula is C33H37ClFNO2. The summed E-state index contributed by atoms with van der Waals surface area (Å²) in [5, 5.41) is 9.59. The molecule has 0 spiro atoms. The Morgan fingerprint density at radius 3 is 2.47 bits per heavy atom. The monoisotopic (exact) mass is 533 g/mol. The molecule has 1 saturated heterocycles. The van der Waals surface area contributed by atoms with Crippen molar-refractivity contribution in [3.05, 3.63) is 105 Å². The molecule has 2 aliphatic rings. The molecule has 0 unspecified atom stereocenters. The maximum Gasteiger partial charge on any atom is 0.335 e. The van der Waals surface area contributed by atoms with E-state index in [4.69, 9.17) is 0 Å². The number of carboxylic acid groups (broad SMARTS) is 1. The SMILES string of the molecule is Cc1cccc(C2=C(c3ccc(CC4CN(CCCF)C4)cc3)c3ccc(C(=O)O)cc3CCC2)c1C.Cl. The summed E-state index contributed by atoms with van der Waals surface area (Å²) in [5.74, 6) is -0.237. The van der Waals surface area contributed by atoms with Crippen molar-refractivity contribution in [3.8, 4) is 0 Å². The van der Waals surface area contributed by atoms with Crippen LogP contribution in [0.1, 0.15) is 68.6 Å². The van der Waals surface area contributed by atoms with Gasteiger partial charge >= 0.3 is 5.97 Å². The minimum atomic E-state index is -0.879. The van der Waals surface area contributed by atoms with Gasteiger partial charge in [0.05, 0.1) is 12.2 Å². The van der Waals surface area contributed by atoms with Gasteiger partial charge in [-0.1, -0.05) is 48.5 Å².